The minimum absolute atomic E-state index is 0.0137. The first-order chi connectivity index (χ1) is 17.5. The van der Waals surface area contributed by atoms with Crippen LogP contribution in [0.3, 0.4) is 0 Å². The Morgan fingerprint density at radius 2 is 1.86 bits per heavy atom. The second-order valence-electron chi connectivity index (χ2n) is 8.82. The smallest absolute Gasteiger partial charge is 0.337 e. The van der Waals surface area contributed by atoms with Gasteiger partial charge in [-0.15, -0.1) is 0 Å². The number of aliphatic hydroxyl groups is 2. The first kappa shape index (κ1) is 29.7. The van der Waals surface area contributed by atoms with Gasteiger partial charge in [-0.2, -0.15) is 0 Å². The van der Waals surface area contributed by atoms with Gasteiger partial charge < -0.3 is 29.2 Å². The Kier molecular flexibility index (Phi) is 11.0. The molecule has 2 rings (SSSR count). The maximum absolute atomic E-state index is 13.1. The van der Waals surface area contributed by atoms with Crippen molar-refractivity contribution in [1.29, 1.82) is 0 Å². The number of aliphatic hydroxyl groups excluding tert-OH is 2. The van der Waals surface area contributed by atoms with Crippen molar-refractivity contribution in [2.24, 2.45) is 5.92 Å². The van der Waals surface area contributed by atoms with E-state index in [0.717, 1.165) is 11.6 Å². The summed E-state index contributed by atoms with van der Waals surface area (Å²) in [7, 11) is 0. The second-order valence-corrected chi connectivity index (χ2v) is 8.82. The standard InChI is InChI=1S/C27H34O10/c1-6-19(13-29)26(32)34-14-20(9-10-28)27(33)37-22-11-15(2)7-8-21(35-18(5)30)16(3)12-23-24(22)17(4)25(31)36-23/h6-7,9,12,21-24,28-29H,4,8,10-11,13-14H2,1-3,5H3/b15-7+,16-12-,19-6+,20-9+/t21-,22-,23+,24-/m1/s1. The Labute approximate surface area is 215 Å². The molecule has 0 unspecified atom stereocenters. The van der Waals surface area contributed by atoms with Crippen LogP contribution in [0.5, 0.6) is 0 Å². The lowest BCUT2D eigenvalue weighted by Gasteiger charge is -2.28. The van der Waals surface area contributed by atoms with E-state index >= 15 is 0 Å². The summed E-state index contributed by atoms with van der Waals surface area (Å²) in [6.45, 7) is 8.76. The lowest BCUT2D eigenvalue weighted by Crippen LogP contribution is -2.35. The van der Waals surface area contributed by atoms with E-state index in [4.69, 9.17) is 18.9 Å². The van der Waals surface area contributed by atoms with E-state index in [0.29, 0.717) is 12.0 Å². The molecule has 2 N–H and O–H groups in total. The van der Waals surface area contributed by atoms with Gasteiger partial charge in [0.25, 0.3) is 0 Å². The number of rotatable bonds is 8. The minimum atomic E-state index is -0.872. The van der Waals surface area contributed by atoms with Crippen LogP contribution in [0.25, 0.3) is 0 Å². The van der Waals surface area contributed by atoms with Gasteiger partial charge in [0, 0.05) is 25.3 Å². The summed E-state index contributed by atoms with van der Waals surface area (Å²) in [5.74, 6) is -3.47. The molecule has 0 radical (unpaired) electrons. The van der Waals surface area contributed by atoms with Gasteiger partial charge in [0.1, 0.15) is 24.9 Å². The zero-order valence-electron chi connectivity index (χ0n) is 21.5. The third-order valence-corrected chi connectivity index (χ3v) is 6.11. The van der Waals surface area contributed by atoms with E-state index < -0.39 is 67.9 Å². The maximum Gasteiger partial charge on any atom is 0.337 e. The van der Waals surface area contributed by atoms with Crippen LogP contribution in [0, 0.1) is 5.92 Å². The Morgan fingerprint density at radius 3 is 2.46 bits per heavy atom. The number of allylic oxidation sites excluding steroid dienone is 1. The number of carbonyl (C=O) groups is 4. The molecule has 37 heavy (non-hydrogen) atoms. The maximum atomic E-state index is 13.1. The molecule has 1 heterocycles. The SMILES string of the molecule is C=C1C(=O)O[C@H]2/C=C(/C)[C@H](OC(C)=O)C/C=C(\C)C[C@@H](OC(=O)/C(=C/CO)COC(=O)/C(=C/C)CO)[C@@H]12. The Bertz CT molecular complexity index is 1050. The van der Waals surface area contributed by atoms with Gasteiger partial charge in [-0.05, 0) is 38.5 Å². The number of ether oxygens (including phenoxy) is 4. The van der Waals surface area contributed by atoms with E-state index in [9.17, 15) is 29.4 Å². The topological polar surface area (TPSA) is 146 Å². The molecule has 202 valence electrons. The van der Waals surface area contributed by atoms with Crippen LogP contribution in [-0.2, 0) is 38.1 Å². The molecule has 0 aromatic heterocycles. The summed E-state index contributed by atoms with van der Waals surface area (Å²) in [6.07, 6.45) is 4.45. The Balaban J connectivity index is 2.34. The van der Waals surface area contributed by atoms with Crippen molar-refractivity contribution in [3.8, 4) is 0 Å². The highest BCUT2D eigenvalue weighted by atomic mass is 16.6. The van der Waals surface area contributed by atoms with Crippen molar-refractivity contribution in [3.63, 3.8) is 0 Å². The molecule has 0 amide bonds. The Hall–Kier alpha value is -3.50. The third kappa shape index (κ3) is 7.99. The lowest BCUT2D eigenvalue weighted by atomic mass is 9.85. The molecule has 1 fully saturated rings. The molecule has 4 atom stereocenters. The zero-order valence-corrected chi connectivity index (χ0v) is 21.5. The average molecular weight is 519 g/mol. The van der Waals surface area contributed by atoms with Crippen molar-refractivity contribution < 1.29 is 48.3 Å². The monoisotopic (exact) mass is 518 g/mol. The summed E-state index contributed by atoms with van der Waals surface area (Å²) in [4.78, 5) is 49.2. The highest BCUT2D eigenvalue weighted by Gasteiger charge is 2.45. The van der Waals surface area contributed by atoms with Crippen LogP contribution < -0.4 is 0 Å². The van der Waals surface area contributed by atoms with Crippen LogP contribution in [0.4, 0.5) is 0 Å². The van der Waals surface area contributed by atoms with Gasteiger partial charge in [-0.1, -0.05) is 24.3 Å². The van der Waals surface area contributed by atoms with Crippen molar-refractivity contribution >= 4 is 23.9 Å². The fourth-order valence-corrected chi connectivity index (χ4v) is 4.06. The summed E-state index contributed by atoms with van der Waals surface area (Å²) in [5.41, 5.74) is 1.51. The van der Waals surface area contributed by atoms with E-state index in [1.165, 1.54) is 13.0 Å². The normalized spacial score (nSPS) is 27.6. The quantitative estimate of drug-likeness (QED) is 0.212. The highest BCUT2D eigenvalue weighted by Crippen LogP contribution is 2.36. The van der Waals surface area contributed by atoms with Crippen LogP contribution >= 0.6 is 0 Å². The zero-order chi connectivity index (χ0) is 27.7. The van der Waals surface area contributed by atoms with E-state index in [2.05, 4.69) is 6.58 Å². The van der Waals surface area contributed by atoms with Crippen molar-refractivity contribution in [3.05, 3.63) is 58.7 Å². The van der Waals surface area contributed by atoms with E-state index in [1.807, 2.05) is 13.0 Å². The summed E-state index contributed by atoms with van der Waals surface area (Å²) in [6, 6.07) is 0. The number of hydrogen-bond donors (Lipinski definition) is 2. The molecule has 1 aliphatic carbocycles. The molecular formula is C27H34O10. The lowest BCUT2D eigenvalue weighted by molar-refractivity contribution is -0.149. The molecule has 0 bridgehead atoms. The van der Waals surface area contributed by atoms with Crippen molar-refractivity contribution in [2.45, 2.75) is 58.8 Å². The molecule has 2 aliphatic rings. The summed E-state index contributed by atoms with van der Waals surface area (Å²) >= 11 is 0. The molecule has 0 spiro atoms. The van der Waals surface area contributed by atoms with Crippen molar-refractivity contribution in [1.82, 2.24) is 0 Å². The molecule has 10 nitrogen and oxygen atoms in total. The summed E-state index contributed by atoms with van der Waals surface area (Å²) in [5, 5.41) is 18.6. The first-order valence-corrected chi connectivity index (χ1v) is 11.9. The second kappa shape index (κ2) is 13.7. The first-order valence-electron chi connectivity index (χ1n) is 11.9. The minimum Gasteiger partial charge on any atom is -0.458 e. The predicted molar refractivity (Wildman–Crippen MR) is 132 cm³/mol. The van der Waals surface area contributed by atoms with Gasteiger partial charge >= 0.3 is 23.9 Å². The molecule has 1 aliphatic heterocycles. The predicted octanol–water partition coefficient (Wildman–Crippen LogP) is 2.01. The number of hydrogen-bond acceptors (Lipinski definition) is 10. The number of carbonyl (C=O) groups excluding carboxylic acids is 4. The molecule has 0 saturated carbocycles. The van der Waals surface area contributed by atoms with Crippen LogP contribution in [0.15, 0.2) is 58.7 Å². The van der Waals surface area contributed by atoms with Crippen LogP contribution in [0.1, 0.15) is 40.5 Å². The number of fused-ring (bicyclic) bond motifs is 1. The van der Waals surface area contributed by atoms with Crippen LogP contribution in [0.2, 0.25) is 0 Å². The van der Waals surface area contributed by atoms with E-state index in [-0.39, 0.29) is 23.1 Å². The molecular weight excluding hydrogens is 484 g/mol. The molecule has 0 aromatic carbocycles. The van der Waals surface area contributed by atoms with Gasteiger partial charge in [0.2, 0.25) is 0 Å². The summed E-state index contributed by atoms with van der Waals surface area (Å²) < 4.78 is 21.8. The Morgan fingerprint density at radius 1 is 1.16 bits per heavy atom. The molecule has 1 saturated heterocycles. The van der Waals surface area contributed by atoms with Crippen LogP contribution in [-0.4, -0.2) is 72.2 Å². The highest BCUT2D eigenvalue weighted by molar-refractivity contribution is 5.93. The fourth-order valence-electron chi connectivity index (χ4n) is 4.06. The largest absolute Gasteiger partial charge is 0.458 e. The molecule has 10 heteroatoms. The molecule has 0 aromatic rings. The van der Waals surface area contributed by atoms with Gasteiger partial charge in [-0.25, -0.2) is 14.4 Å². The van der Waals surface area contributed by atoms with Gasteiger partial charge in [-0.3, -0.25) is 4.79 Å². The third-order valence-electron chi connectivity index (χ3n) is 6.11. The van der Waals surface area contributed by atoms with Gasteiger partial charge in [0.15, 0.2) is 0 Å². The average Bonchev–Trinajstić information content (AvgIpc) is 3.11. The van der Waals surface area contributed by atoms with Crippen molar-refractivity contribution in [2.75, 3.05) is 19.8 Å². The fraction of sp³-hybridized carbons (Fsp3) is 0.481. The van der Waals surface area contributed by atoms with Gasteiger partial charge in [0.05, 0.1) is 30.3 Å². The van der Waals surface area contributed by atoms with E-state index in [1.54, 1.807) is 19.9 Å². The number of esters is 4.